The van der Waals surface area contributed by atoms with Gasteiger partial charge in [0, 0.05) is 23.2 Å². The van der Waals surface area contributed by atoms with Crippen molar-refractivity contribution in [2.24, 2.45) is 0 Å². The molecule has 0 aliphatic carbocycles. The Morgan fingerprint density at radius 3 is 1.51 bits per heavy atom. The smallest absolute Gasteiger partial charge is 0.410 e. The number of rotatable bonds is 8. The molecular weight excluding hydrogens is 745 g/mol. The summed E-state index contributed by atoms with van der Waals surface area (Å²) >= 11 is 0. The number of β-amino-alcohol motifs (C(OH)–C–C–N with tert-alkyl or cyclic N) is 1. The lowest BCUT2D eigenvalue weighted by Crippen LogP contribution is -2.55. The number of fused-ring (bicyclic) bond motifs is 3. The molecule has 2 aromatic heterocycles. The lowest BCUT2D eigenvalue weighted by atomic mass is 9.97. The Morgan fingerprint density at radius 2 is 1.14 bits per heavy atom. The number of aliphatic hydroxyl groups excluding tert-OH is 1. The maximum absolute atomic E-state index is 11.4. The van der Waals surface area contributed by atoms with Crippen molar-refractivity contribution < 1.29 is 33.6 Å². The third-order valence-corrected chi connectivity index (χ3v) is 8.83. The average Bonchev–Trinajstić information content (AvgIpc) is 3.17. The third kappa shape index (κ3) is 14.1. The molecule has 2 fully saturated rings. The summed E-state index contributed by atoms with van der Waals surface area (Å²) in [6.45, 7) is 22.8. The van der Waals surface area contributed by atoms with Crippen LogP contribution in [0.4, 0.5) is 9.59 Å². The largest absolute Gasteiger partial charge is 0.502 e. The first-order valence-electron chi connectivity index (χ1n) is 20.0. The fourth-order valence-electron chi connectivity index (χ4n) is 5.94. The first-order valence-corrected chi connectivity index (χ1v) is 20.0. The SMILES string of the molecule is C=COC1CN(C(=O)OC(C)(C)C)C1.C=COCCCC.CC(C)(C)OC(=O)N1CC(O)C1.c1ccc(-c2ccnc3c2ccc2c(-c4ccccc4)ccnc23)cc1. The van der Waals surface area contributed by atoms with Gasteiger partial charge in [-0.15, -0.1) is 0 Å². The molecule has 3 aromatic carbocycles. The van der Waals surface area contributed by atoms with Crippen molar-refractivity contribution in [3.63, 3.8) is 0 Å². The van der Waals surface area contributed by atoms with E-state index in [0.717, 1.165) is 34.8 Å². The highest BCUT2D eigenvalue weighted by molar-refractivity contribution is 6.11. The lowest BCUT2D eigenvalue weighted by Gasteiger charge is -2.38. The first kappa shape index (κ1) is 45.8. The number of hydrogen-bond acceptors (Lipinski definition) is 9. The van der Waals surface area contributed by atoms with Gasteiger partial charge in [-0.3, -0.25) is 9.97 Å². The topological polar surface area (TPSA) is 124 Å². The van der Waals surface area contributed by atoms with Crippen molar-refractivity contribution in [3.8, 4) is 22.3 Å². The van der Waals surface area contributed by atoms with E-state index in [2.05, 4.69) is 103 Å². The summed E-state index contributed by atoms with van der Waals surface area (Å²) in [5.74, 6) is 0. The molecule has 5 aromatic rings. The molecule has 0 saturated carbocycles. The van der Waals surface area contributed by atoms with Crippen molar-refractivity contribution in [2.75, 3.05) is 32.8 Å². The van der Waals surface area contributed by atoms with E-state index >= 15 is 0 Å². The fraction of sp³-hybridized carbons (Fsp3) is 0.375. The Hall–Kier alpha value is -5.94. The van der Waals surface area contributed by atoms with Gasteiger partial charge in [-0.25, -0.2) is 9.59 Å². The molecule has 2 amide bonds. The molecule has 4 heterocycles. The van der Waals surface area contributed by atoms with Gasteiger partial charge in [0.25, 0.3) is 0 Å². The molecule has 2 aliphatic rings. The van der Waals surface area contributed by atoms with Gasteiger partial charge >= 0.3 is 12.2 Å². The summed E-state index contributed by atoms with van der Waals surface area (Å²) in [7, 11) is 0. The van der Waals surface area contributed by atoms with Crippen LogP contribution in [0.15, 0.2) is 123 Å². The number of carbonyl (C=O) groups is 2. The highest BCUT2D eigenvalue weighted by atomic mass is 16.6. The fourth-order valence-corrected chi connectivity index (χ4v) is 5.94. The van der Waals surface area contributed by atoms with Gasteiger partial charge in [-0.2, -0.15) is 0 Å². The summed E-state index contributed by atoms with van der Waals surface area (Å²) in [6, 6.07) is 29.3. The van der Waals surface area contributed by atoms with Crippen molar-refractivity contribution in [3.05, 3.63) is 123 Å². The zero-order valence-electron chi connectivity index (χ0n) is 35.6. The molecule has 59 heavy (non-hydrogen) atoms. The van der Waals surface area contributed by atoms with E-state index in [1.54, 1.807) is 4.90 Å². The first-order chi connectivity index (χ1) is 28.1. The molecule has 11 nitrogen and oxygen atoms in total. The molecular formula is C48H60N4O7. The number of likely N-dealkylation sites (tertiary alicyclic amines) is 2. The number of benzene rings is 3. The van der Waals surface area contributed by atoms with Gasteiger partial charge in [0.2, 0.25) is 0 Å². The van der Waals surface area contributed by atoms with Gasteiger partial charge in [0.1, 0.15) is 17.3 Å². The molecule has 11 heteroatoms. The van der Waals surface area contributed by atoms with E-state index < -0.39 is 11.2 Å². The number of amides is 2. The van der Waals surface area contributed by atoms with Gasteiger partial charge in [0.05, 0.1) is 62.4 Å². The van der Waals surface area contributed by atoms with Crippen LogP contribution in [0.2, 0.25) is 0 Å². The number of ether oxygens (including phenoxy) is 4. The van der Waals surface area contributed by atoms with Crippen LogP contribution < -0.4 is 0 Å². The molecule has 0 unspecified atom stereocenters. The summed E-state index contributed by atoms with van der Waals surface area (Å²) in [5, 5.41) is 11.2. The maximum Gasteiger partial charge on any atom is 0.410 e. The predicted molar refractivity (Wildman–Crippen MR) is 236 cm³/mol. The third-order valence-electron chi connectivity index (χ3n) is 8.83. The lowest BCUT2D eigenvalue weighted by molar-refractivity contribution is -0.0349. The van der Waals surface area contributed by atoms with Gasteiger partial charge in [-0.1, -0.05) is 99.3 Å². The van der Waals surface area contributed by atoms with Crippen molar-refractivity contribution in [1.82, 2.24) is 19.8 Å². The molecule has 0 bridgehead atoms. The van der Waals surface area contributed by atoms with Crippen LogP contribution in [-0.2, 0) is 18.9 Å². The van der Waals surface area contributed by atoms with E-state index in [4.69, 9.17) is 24.1 Å². The zero-order chi connectivity index (χ0) is 43.0. The predicted octanol–water partition coefficient (Wildman–Crippen LogP) is 10.4. The van der Waals surface area contributed by atoms with Gasteiger partial charge < -0.3 is 33.9 Å². The number of hydrogen-bond donors (Lipinski definition) is 1. The summed E-state index contributed by atoms with van der Waals surface area (Å²) in [5.41, 5.74) is 5.77. The van der Waals surface area contributed by atoms with E-state index in [0.29, 0.717) is 26.2 Å². The highest BCUT2D eigenvalue weighted by Gasteiger charge is 2.34. The van der Waals surface area contributed by atoms with Gasteiger partial charge in [0.15, 0.2) is 0 Å². The minimum Gasteiger partial charge on any atom is -0.502 e. The van der Waals surface area contributed by atoms with Crippen LogP contribution in [0.5, 0.6) is 0 Å². The monoisotopic (exact) mass is 804 g/mol. The van der Waals surface area contributed by atoms with E-state index in [9.17, 15) is 9.59 Å². The number of carbonyl (C=O) groups excluding carboxylic acids is 2. The average molecular weight is 805 g/mol. The number of aliphatic hydroxyl groups is 1. The van der Waals surface area contributed by atoms with E-state index in [1.807, 2.05) is 66.1 Å². The minimum atomic E-state index is -0.447. The normalized spacial score (nSPS) is 13.8. The minimum absolute atomic E-state index is 0.0834. The molecule has 1 N–H and O–H groups in total. The Bertz CT molecular complexity index is 2000. The number of aromatic nitrogens is 2. The quantitative estimate of drug-likeness (QED) is 0.0927. The van der Waals surface area contributed by atoms with E-state index in [-0.39, 0.29) is 24.4 Å². The molecule has 0 atom stereocenters. The Morgan fingerprint density at radius 1 is 0.695 bits per heavy atom. The molecule has 7 rings (SSSR count). The number of pyridine rings is 2. The summed E-state index contributed by atoms with van der Waals surface area (Å²) in [6.07, 6.45) is 8.06. The second-order valence-corrected chi connectivity index (χ2v) is 16.0. The maximum atomic E-state index is 11.4. The summed E-state index contributed by atoms with van der Waals surface area (Å²) < 4.78 is 20.2. The second-order valence-electron chi connectivity index (χ2n) is 16.0. The van der Waals surface area contributed by atoms with Crippen LogP contribution in [0.3, 0.4) is 0 Å². The molecule has 2 saturated heterocycles. The Balaban J connectivity index is 0.000000197. The van der Waals surface area contributed by atoms with Crippen LogP contribution in [0.25, 0.3) is 44.1 Å². The molecule has 0 spiro atoms. The Labute approximate surface area is 349 Å². The number of nitrogens with zero attached hydrogens (tertiary/aromatic N) is 4. The van der Waals surface area contributed by atoms with Crippen LogP contribution >= 0.6 is 0 Å². The van der Waals surface area contributed by atoms with Gasteiger partial charge in [-0.05, 0) is 82.3 Å². The summed E-state index contributed by atoms with van der Waals surface area (Å²) in [4.78, 5) is 35.0. The van der Waals surface area contributed by atoms with Crippen LogP contribution in [0.1, 0.15) is 61.3 Å². The molecule has 2 aliphatic heterocycles. The van der Waals surface area contributed by atoms with Crippen LogP contribution in [0, 0.1) is 0 Å². The number of unbranched alkanes of at least 4 members (excludes halogenated alkanes) is 1. The molecule has 0 radical (unpaired) electrons. The van der Waals surface area contributed by atoms with Crippen molar-refractivity contribution in [2.45, 2.75) is 84.7 Å². The Kier molecular flexibility index (Phi) is 16.8. The van der Waals surface area contributed by atoms with Crippen LogP contribution in [-0.4, -0.2) is 93.3 Å². The van der Waals surface area contributed by atoms with Crippen molar-refractivity contribution >= 4 is 34.0 Å². The highest BCUT2D eigenvalue weighted by Crippen LogP contribution is 2.34. The molecule has 314 valence electrons. The zero-order valence-corrected chi connectivity index (χ0v) is 35.6. The van der Waals surface area contributed by atoms with Crippen molar-refractivity contribution in [1.29, 1.82) is 0 Å². The van der Waals surface area contributed by atoms with E-state index in [1.165, 1.54) is 46.1 Å². The second kappa shape index (κ2) is 21.7. The standard InChI is InChI=1S/C24H16N2.C10H17NO3.C8H15NO3.C6H12O/c1-3-7-17(8-4-1)19-13-15-25-23-21(19)11-12-22-20(14-16-26-24(22)23)18-9-5-2-6-10-18;1-5-13-8-6-11(7-8)9(12)14-10(2,3)4;1-8(2,3)12-7(11)9-4-6(10)5-9;1-3-5-6-7-4-2/h1-16H;5,8H,1,6-7H2,2-4H3;6,10H,4-5H2,1-3H3;4H,2-3,5-6H2,1H3.